The zero-order valence-electron chi connectivity index (χ0n) is 11.9. The number of rotatable bonds is 6. The van der Waals surface area contributed by atoms with E-state index in [9.17, 15) is 4.79 Å². The molecule has 20 heavy (non-hydrogen) atoms. The number of benzene rings is 1. The summed E-state index contributed by atoms with van der Waals surface area (Å²) in [6.45, 7) is 4.83. The third kappa shape index (κ3) is 2.80. The van der Waals surface area contributed by atoms with Crippen molar-refractivity contribution < 1.29 is 14.3 Å². The molecule has 1 aromatic rings. The number of fused-ring (bicyclic) bond motifs is 1. The quantitative estimate of drug-likeness (QED) is 0.748. The van der Waals surface area contributed by atoms with Gasteiger partial charge in [0.2, 0.25) is 6.79 Å². The Morgan fingerprint density at radius 2 is 2.10 bits per heavy atom. The van der Waals surface area contributed by atoms with Crippen LogP contribution in [0.1, 0.15) is 36.5 Å². The minimum absolute atomic E-state index is 0.157. The smallest absolute Gasteiger partial charge is 0.231 e. The van der Waals surface area contributed by atoms with Crippen molar-refractivity contribution in [1.82, 2.24) is 4.90 Å². The molecule has 0 bridgehead atoms. The minimum atomic E-state index is 0.157. The highest BCUT2D eigenvalue weighted by Gasteiger charge is 2.22. The maximum atomic E-state index is 12.4. The molecule has 0 saturated heterocycles. The molecule has 0 aromatic heterocycles. The molecule has 2 aliphatic rings. The van der Waals surface area contributed by atoms with Gasteiger partial charge in [-0.25, -0.2) is 0 Å². The number of carbonyl (C=O) groups excluding carboxylic acids is 1. The lowest BCUT2D eigenvalue weighted by atomic mass is 9.85. The molecule has 1 heterocycles. The molecule has 3 rings (SSSR count). The van der Waals surface area contributed by atoms with E-state index in [-0.39, 0.29) is 12.6 Å². The average Bonchev–Trinajstić information content (AvgIpc) is 2.88. The largest absolute Gasteiger partial charge is 0.454 e. The first kappa shape index (κ1) is 13.4. The summed E-state index contributed by atoms with van der Waals surface area (Å²) >= 11 is 0. The van der Waals surface area contributed by atoms with Gasteiger partial charge < -0.3 is 9.47 Å². The second-order valence-corrected chi connectivity index (χ2v) is 5.62. The first-order chi connectivity index (χ1) is 9.76. The summed E-state index contributed by atoms with van der Waals surface area (Å²) in [7, 11) is 0. The summed E-state index contributed by atoms with van der Waals surface area (Å²) in [6.07, 6.45) is 3.97. The molecular formula is C16H21NO3. The van der Waals surface area contributed by atoms with Crippen LogP contribution in [-0.2, 0) is 0 Å². The lowest BCUT2D eigenvalue weighted by Gasteiger charge is -2.31. The van der Waals surface area contributed by atoms with Crippen LogP contribution in [0.4, 0.5) is 0 Å². The molecule has 0 unspecified atom stereocenters. The van der Waals surface area contributed by atoms with Crippen LogP contribution in [0.15, 0.2) is 18.2 Å². The normalized spacial score (nSPS) is 17.3. The highest BCUT2D eigenvalue weighted by molar-refractivity contribution is 5.98. The van der Waals surface area contributed by atoms with Gasteiger partial charge in [0.25, 0.3) is 0 Å². The van der Waals surface area contributed by atoms with Crippen LogP contribution in [0.2, 0.25) is 0 Å². The summed E-state index contributed by atoms with van der Waals surface area (Å²) in [5.74, 6) is 2.35. The van der Waals surface area contributed by atoms with E-state index in [0.29, 0.717) is 17.9 Å². The van der Waals surface area contributed by atoms with E-state index in [2.05, 4.69) is 11.8 Å². The Bertz CT molecular complexity index is 496. The molecule has 1 saturated carbocycles. The van der Waals surface area contributed by atoms with Crippen molar-refractivity contribution in [2.75, 3.05) is 26.4 Å². The number of Topliss-reactive ketones (excluding diaryl/α,β-unsaturated/α-hetero) is 1. The number of ketones is 1. The minimum Gasteiger partial charge on any atom is -0.454 e. The zero-order chi connectivity index (χ0) is 13.9. The van der Waals surface area contributed by atoms with Crippen molar-refractivity contribution >= 4 is 5.78 Å². The zero-order valence-corrected chi connectivity index (χ0v) is 11.9. The molecule has 108 valence electrons. The van der Waals surface area contributed by atoms with Crippen LogP contribution in [0, 0.1) is 5.92 Å². The lowest BCUT2D eigenvalue weighted by Crippen LogP contribution is -2.36. The van der Waals surface area contributed by atoms with Crippen molar-refractivity contribution in [2.45, 2.75) is 26.2 Å². The summed E-state index contributed by atoms with van der Waals surface area (Å²) in [6, 6.07) is 5.44. The number of carbonyl (C=O) groups is 1. The van der Waals surface area contributed by atoms with E-state index in [1.165, 1.54) is 19.3 Å². The fourth-order valence-electron chi connectivity index (χ4n) is 2.71. The van der Waals surface area contributed by atoms with Crippen molar-refractivity contribution in [3.8, 4) is 11.5 Å². The highest BCUT2D eigenvalue weighted by Crippen LogP contribution is 2.32. The number of ether oxygens (including phenoxy) is 2. The topological polar surface area (TPSA) is 38.8 Å². The number of hydrogen-bond donors (Lipinski definition) is 0. The molecule has 0 N–H and O–H groups in total. The third-order valence-electron chi connectivity index (χ3n) is 4.25. The van der Waals surface area contributed by atoms with Gasteiger partial charge in [0.05, 0.1) is 6.54 Å². The maximum absolute atomic E-state index is 12.4. The first-order valence-electron chi connectivity index (χ1n) is 7.41. The van der Waals surface area contributed by atoms with Gasteiger partial charge in [-0.1, -0.05) is 13.3 Å². The van der Waals surface area contributed by atoms with Gasteiger partial charge in [-0.3, -0.25) is 9.69 Å². The number of hydrogen-bond acceptors (Lipinski definition) is 4. The Morgan fingerprint density at radius 1 is 1.30 bits per heavy atom. The van der Waals surface area contributed by atoms with Gasteiger partial charge in [0, 0.05) is 12.1 Å². The third-order valence-corrected chi connectivity index (χ3v) is 4.25. The van der Waals surface area contributed by atoms with Crippen LogP contribution in [-0.4, -0.2) is 37.1 Å². The van der Waals surface area contributed by atoms with E-state index in [4.69, 9.17) is 9.47 Å². The monoisotopic (exact) mass is 275 g/mol. The fraction of sp³-hybridized carbons (Fsp3) is 0.562. The van der Waals surface area contributed by atoms with Crippen molar-refractivity contribution in [3.63, 3.8) is 0 Å². The standard InChI is InChI=1S/C16H21NO3/c1-2-17(9-12-4-3-5-12)10-14(18)13-6-7-15-16(8-13)20-11-19-15/h6-8,12H,2-5,9-11H2,1H3. The van der Waals surface area contributed by atoms with Crippen LogP contribution in [0.3, 0.4) is 0 Å². The molecule has 0 atom stereocenters. The molecule has 4 nitrogen and oxygen atoms in total. The second kappa shape index (κ2) is 5.83. The predicted octanol–water partition coefficient (Wildman–Crippen LogP) is 2.72. The predicted molar refractivity (Wildman–Crippen MR) is 76.4 cm³/mol. The number of nitrogens with zero attached hydrogens (tertiary/aromatic N) is 1. The summed E-state index contributed by atoms with van der Waals surface area (Å²) in [5, 5.41) is 0. The van der Waals surface area contributed by atoms with Crippen LogP contribution >= 0.6 is 0 Å². The summed E-state index contributed by atoms with van der Waals surface area (Å²) in [5.41, 5.74) is 0.710. The van der Waals surface area contributed by atoms with Crippen LogP contribution in [0.25, 0.3) is 0 Å². The van der Waals surface area contributed by atoms with Crippen LogP contribution in [0.5, 0.6) is 11.5 Å². The van der Waals surface area contributed by atoms with E-state index < -0.39 is 0 Å². The molecular weight excluding hydrogens is 254 g/mol. The molecule has 0 spiro atoms. The Balaban J connectivity index is 1.62. The van der Waals surface area contributed by atoms with Gasteiger partial charge in [0.15, 0.2) is 17.3 Å². The van der Waals surface area contributed by atoms with E-state index in [1.54, 1.807) is 6.07 Å². The molecule has 4 heteroatoms. The van der Waals surface area contributed by atoms with Gasteiger partial charge in [0.1, 0.15) is 0 Å². The van der Waals surface area contributed by atoms with E-state index in [0.717, 1.165) is 24.8 Å². The molecule has 0 amide bonds. The molecule has 1 fully saturated rings. The lowest BCUT2D eigenvalue weighted by molar-refractivity contribution is 0.0904. The van der Waals surface area contributed by atoms with Crippen LogP contribution < -0.4 is 9.47 Å². The Labute approximate surface area is 119 Å². The fourth-order valence-corrected chi connectivity index (χ4v) is 2.71. The average molecular weight is 275 g/mol. The van der Waals surface area contributed by atoms with Gasteiger partial charge in [-0.05, 0) is 43.5 Å². The van der Waals surface area contributed by atoms with Crippen molar-refractivity contribution in [1.29, 1.82) is 0 Å². The van der Waals surface area contributed by atoms with Crippen molar-refractivity contribution in [3.05, 3.63) is 23.8 Å². The highest BCUT2D eigenvalue weighted by atomic mass is 16.7. The summed E-state index contributed by atoms with van der Waals surface area (Å²) < 4.78 is 10.6. The SMILES string of the molecule is CCN(CC(=O)c1ccc2c(c1)OCO2)CC1CCC1. The maximum Gasteiger partial charge on any atom is 0.231 e. The summed E-state index contributed by atoms with van der Waals surface area (Å²) in [4.78, 5) is 14.6. The second-order valence-electron chi connectivity index (χ2n) is 5.62. The molecule has 1 aliphatic carbocycles. The molecule has 1 aromatic carbocycles. The van der Waals surface area contributed by atoms with E-state index >= 15 is 0 Å². The molecule has 1 aliphatic heterocycles. The Morgan fingerprint density at radius 3 is 2.80 bits per heavy atom. The van der Waals surface area contributed by atoms with Gasteiger partial charge in [-0.2, -0.15) is 0 Å². The molecule has 0 radical (unpaired) electrons. The Kier molecular flexibility index (Phi) is 3.92. The first-order valence-corrected chi connectivity index (χ1v) is 7.41. The van der Waals surface area contributed by atoms with Crippen molar-refractivity contribution in [2.24, 2.45) is 5.92 Å². The van der Waals surface area contributed by atoms with Gasteiger partial charge in [-0.15, -0.1) is 0 Å². The number of likely N-dealkylation sites (N-methyl/N-ethyl adjacent to an activating group) is 1. The van der Waals surface area contributed by atoms with E-state index in [1.807, 2.05) is 12.1 Å². The Hall–Kier alpha value is -1.55. The van der Waals surface area contributed by atoms with Gasteiger partial charge >= 0.3 is 0 Å².